The highest BCUT2D eigenvalue weighted by Gasteiger charge is 2.22. The van der Waals surface area contributed by atoms with E-state index in [0.29, 0.717) is 9.33 Å². The molecule has 2 rings (SSSR count). The van der Waals surface area contributed by atoms with Crippen LogP contribution >= 0.6 is 35.3 Å². The van der Waals surface area contributed by atoms with Crippen LogP contribution in [-0.2, 0) is 0 Å². The molecule has 1 aromatic rings. The second-order valence-electron chi connectivity index (χ2n) is 5.18. The Kier molecular flexibility index (Phi) is 4.79. The zero-order valence-corrected chi connectivity index (χ0v) is 13.2. The van der Waals surface area contributed by atoms with Crippen LogP contribution in [0, 0.1) is 0 Å². The Labute approximate surface area is 118 Å². The summed E-state index contributed by atoms with van der Waals surface area (Å²) in [5.74, 6) is 2.62. The highest BCUT2D eigenvalue weighted by Crippen LogP contribution is 2.48. The Hall–Kier alpha value is 0.270. The normalized spacial score (nSPS) is 18.3. The first-order chi connectivity index (χ1) is 8.06. The lowest BCUT2D eigenvalue weighted by atomic mass is 10.2. The van der Waals surface area contributed by atoms with Gasteiger partial charge in [0.25, 0.3) is 0 Å². The van der Waals surface area contributed by atoms with Gasteiger partial charge in [-0.15, -0.1) is 35.3 Å². The fourth-order valence-electron chi connectivity index (χ4n) is 1.77. The third-order valence-corrected chi connectivity index (χ3v) is 6.60. The van der Waals surface area contributed by atoms with Gasteiger partial charge in [-0.1, -0.05) is 39.0 Å². The molecule has 0 bridgehead atoms. The molecule has 3 heteroatoms. The molecule has 94 valence electrons. The first-order valence-electron chi connectivity index (χ1n) is 6.07. The average Bonchev–Trinajstić information content (AvgIpc) is 2.29. The smallest absolute Gasteiger partial charge is 0.0762 e. The number of rotatable bonds is 2. The fourth-order valence-corrected chi connectivity index (χ4v) is 5.99. The lowest BCUT2D eigenvalue weighted by molar-refractivity contribution is 0.802. The molecule has 17 heavy (non-hydrogen) atoms. The van der Waals surface area contributed by atoms with Gasteiger partial charge in [-0.2, -0.15) is 0 Å². The van der Waals surface area contributed by atoms with Gasteiger partial charge in [0.2, 0.25) is 0 Å². The summed E-state index contributed by atoms with van der Waals surface area (Å²) in [6.07, 6.45) is 1.36. The lowest BCUT2D eigenvalue weighted by Gasteiger charge is -2.26. The third-order valence-electron chi connectivity index (χ3n) is 2.42. The van der Waals surface area contributed by atoms with Crippen LogP contribution in [0.15, 0.2) is 29.2 Å². The van der Waals surface area contributed by atoms with E-state index in [2.05, 4.69) is 68.6 Å². The average molecular weight is 285 g/mol. The Bertz CT molecular complexity index is 362. The Morgan fingerprint density at radius 2 is 1.76 bits per heavy atom. The van der Waals surface area contributed by atoms with Crippen LogP contribution in [0.5, 0.6) is 0 Å². The van der Waals surface area contributed by atoms with E-state index in [0.717, 1.165) is 0 Å². The van der Waals surface area contributed by atoms with Crippen LogP contribution < -0.4 is 0 Å². The summed E-state index contributed by atoms with van der Waals surface area (Å²) in [5, 5.41) is 0. The van der Waals surface area contributed by atoms with Crippen LogP contribution in [0.4, 0.5) is 0 Å². The van der Waals surface area contributed by atoms with Crippen molar-refractivity contribution in [2.75, 3.05) is 11.5 Å². The van der Waals surface area contributed by atoms with Crippen molar-refractivity contribution in [3.63, 3.8) is 0 Å². The molecule has 0 aliphatic carbocycles. The molecule has 0 saturated carbocycles. The molecule has 1 aliphatic rings. The van der Waals surface area contributed by atoms with E-state index in [1.807, 2.05) is 11.8 Å². The van der Waals surface area contributed by atoms with E-state index in [-0.39, 0.29) is 0 Å². The second-order valence-corrected chi connectivity index (χ2v) is 9.77. The minimum atomic E-state index is 0.292. The Morgan fingerprint density at radius 1 is 1.12 bits per heavy atom. The molecule has 0 radical (unpaired) electrons. The molecular weight excluding hydrogens is 264 g/mol. The van der Waals surface area contributed by atoms with Crippen molar-refractivity contribution in [1.82, 2.24) is 0 Å². The summed E-state index contributed by atoms with van der Waals surface area (Å²) in [4.78, 5) is 1.46. The largest absolute Gasteiger partial charge is 0.143 e. The molecule has 1 heterocycles. The van der Waals surface area contributed by atoms with Crippen LogP contribution in [0.3, 0.4) is 0 Å². The van der Waals surface area contributed by atoms with Crippen molar-refractivity contribution < 1.29 is 0 Å². The fraction of sp³-hybridized carbons (Fsp3) is 0.571. The van der Waals surface area contributed by atoms with E-state index in [4.69, 9.17) is 0 Å². The van der Waals surface area contributed by atoms with Gasteiger partial charge < -0.3 is 0 Å². The van der Waals surface area contributed by atoms with Gasteiger partial charge in [-0.05, 0) is 29.6 Å². The molecule has 0 aromatic heterocycles. The summed E-state index contributed by atoms with van der Waals surface area (Å²) >= 11 is 6.21. The third kappa shape index (κ3) is 4.15. The molecule has 0 unspecified atom stereocenters. The molecule has 0 amide bonds. The van der Waals surface area contributed by atoms with Crippen LogP contribution in [0.2, 0.25) is 0 Å². The molecule has 1 aromatic carbocycles. The highest BCUT2D eigenvalue weighted by molar-refractivity contribution is 8.17. The zero-order valence-electron chi connectivity index (χ0n) is 10.7. The monoisotopic (exact) mass is 284 g/mol. The maximum atomic E-state index is 2.31. The van der Waals surface area contributed by atoms with Crippen LogP contribution in [-0.4, -0.2) is 16.3 Å². The van der Waals surface area contributed by atoms with E-state index in [9.17, 15) is 0 Å². The van der Waals surface area contributed by atoms with Gasteiger partial charge in [0.15, 0.2) is 0 Å². The number of thioether (sulfide) groups is 3. The quantitative estimate of drug-likeness (QED) is 0.663. The molecule has 0 N–H and O–H groups in total. The minimum absolute atomic E-state index is 0.292. The number of hydrogen-bond donors (Lipinski definition) is 0. The van der Waals surface area contributed by atoms with E-state index in [1.54, 1.807) is 0 Å². The van der Waals surface area contributed by atoms with Crippen LogP contribution in [0.25, 0.3) is 0 Å². The Morgan fingerprint density at radius 3 is 2.41 bits per heavy atom. The van der Waals surface area contributed by atoms with Crippen molar-refractivity contribution in [2.24, 2.45) is 0 Å². The van der Waals surface area contributed by atoms with Gasteiger partial charge in [-0.3, -0.25) is 0 Å². The van der Waals surface area contributed by atoms with Gasteiger partial charge in [0.05, 0.1) is 4.58 Å². The van der Waals surface area contributed by atoms with Crippen molar-refractivity contribution in [1.29, 1.82) is 0 Å². The van der Waals surface area contributed by atoms with E-state index >= 15 is 0 Å². The first kappa shape index (κ1) is 13.7. The first-order valence-corrected chi connectivity index (χ1v) is 8.99. The molecule has 0 spiro atoms. The second kappa shape index (κ2) is 5.94. The van der Waals surface area contributed by atoms with Crippen molar-refractivity contribution in [3.8, 4) is 0 Å². The molecule has 0 nitrogen and oxygen atoms in total. The highest BCUT2D eigenvalue weighted by atomic mass is 32.2. The van der Waals surface area contributed by atoms with Gasteiger partial charge in [-0.25, -0.2) is 0 Å². The molecule has 1 fully saturated rings. The molecular formula is C14H20S3. The van der Waals surface area contributed by atoms with Crippen molar-refractivity contribution >= 4 is 35.3 Å². The summed E-state index contributed by atoms with van der Waals surface area (Å²) in [6.45, 7) is 6.86. The SMILES string of the molecule is CC(C)(C)Sc1ccccc1C1SCCCS1. The summed E-state index contributed by atoms with van der Waals surface area (Å²) in [5.41, 5.74) is 1.53. The maximum absolute atomic E-state index is 2.31. The van der Waals surface area contributed by atoms with Gasteiger partial charge >= 0.3 is 0 Å². The topological polar surface area (TPSA) is 0 Å². The van der Waals surface area contributed by atoms with E-state index in [1.165, 1.54) is 28.4 Å². The minimum Gasteiger partial charge on any atom is -0.143 e. The molecule has 1 aliphatic heterocycles. The van der Waals surface area contributed by atoms with Crippen molar-refractivity contribution in [3.05, 3.63) is 29.8 Å². The zero-order chi connectivity index (χ0) is 12.3. The predicted molar refractivity (Wildman–Crippen MR) is 84.3 cm³/mol. The summed E-state index contributed by atoms with van der Waals surface area (Å²) in [6, 6.07) is 8.93. The maximum Gasteiger partial charge on any atom is 0.0762 e. The number of benzene rings is 1. The summed E-state index contributed by atoms with van der Waals surface area (Å²) in [7, 11) is 0. The van der Waals surface area contributed by atoms with E-state index < -0.39 is 0 Å². The lowest BCUT2D eigenvalue weighted by Crippen LogP contribution is -2.08. The van der Waals surface area contributed by atoms with Gasteiger partial charge in [0.1, 0.15) is 0 Å². The predicted octanol–water partition coefficient (Wildman–Crippen LogP) is 5.45. The molecule has 1 saturated heterocycles. The summed E-state index contributed by atoms with van der Waals surface area (Å²) < 4.78 is 0.940. The van der Waals surface area contributed by atoms with Gasteiger partial charge in [0, 0.05) is 9.64 Å². The standard InChI is InChI=1S/C14H20S3/c1-14(2,3)17-12-8-5-4-7-11(12)13-15-9-6-10-16-13/h4-5,7-8,13H,6,9-10H2,1-3H3. The van der Waals surface area contributed by atoms with Crippen molar-refractivity contribution in [2.45, 2.75) is 41.4 Å². The Balaban J connectivity index is 2.20. The van der Waals surface area contributed by atoms with Crippen LogP contribution in [0.1, 0.15) is 37.3 Å². The molecule has 0 atom stereocenters. The number of hydrogen-bond acceptors (Lipinski definition) is 3.